The molecule has 1 aliphatic rings. The Morgan fingerprint density at radius 2 is 0.735 bits per heavy atom. The quantitative estimate of drug-likeness (QED) is 0.0553. The summed E-state index contributed by atoms with van der Waals surface area (Å²) in [5, 5.41) is 9.26. The van der Waals surface area contributed by atoms with E-state index in [4.69, 9.17) is 28.4 Å². The molecule has 0 bridgehead atoms. The molecule has 1 rings (SSSR count). The number of ether oxygens (including phenoxy) is 6. The molecule has 0 atom stereocenters. The summed E-state index contributed by atoms with van der Waals surface area (Å²) in [7, 11) is 0. The standard InChI is InChI=1S/C36H59NO12/c1-7-13-21-44-28(38)34(29(39)45-22-14-8-2)20-19-27(37)35(30(40)46-23-15-9-3,31(41)47-24-16-10-4)36(34,32(42)48-25-17-11-5)33(43)49-26-18-12-6/h37H,7-26H2,1-6H3. The summed E-state index contributed by atoms with van der Waals surface area (Å²) in [4.78, 5) is 88.3. The Morgan fingerprint density at radius 3 is 1.02 bits per heavy atom. The molecule has 13 heteroatoms. The molecule has 0 aromatic heterocycles. The zero-order valence-electron chi connectivity index (χ0n) is 30.5. The van der Waals surface area contributed by atoms with Gasteiger partial charge in [0.15, 0.2) is 5.41 Å². The average molecular weight is 698 g/mol. The Bertz CT molecular complexity index is 1050. The van der Waals surface area contributed by atoms with Crippen LogP contribution in [0.15, 0.2) is 0 Å². The summed E-state index contributed by atoms with van der Waals surface area (Å²) in [6.45, 7) is 9.44. The number of rotatable bonds is 24. The Morgan fingerprint density at radius 1 is 0.469 bits per heavy atom. The molecule has 1 N–H and O–H groups in total. The minimum absolute atomic E-state index is 0.211. The fourth-order valence-electron chi connectivity index (χ4n) is 5.74. The Hall–Kier alpha value is -3.51. The van der Waals surface area contributed by atoms with Crippen molar-refractivity contribution in [3.05, 3.63) is 0 Å². The van der Waals surface area contributed by atoms with Gasteiger partial charge in [0.25, 0.3) is 0 Å². The zero-order chi connectivity index (χ0) is 36.9. The van der Waals surface area contributed by atoms with E-state index in [0.717, 1.165) is 0 Å². The Balaban J connectivity index is 4.56. The van der Waals surface area contributed by atoms with E-state index in [1.165, 1.54) is 0 Å². The summed E-state index contributed by atoms with van der Waals surface area (Å²) < 4.78 is 33.7. The number of unbranched alkanes of at least 4 members (excludes halogenated alkanes) is 6. The van der Waals surface area contributed by atoms with E-state index < -0.39 is 70.6 Å². The van der Waals surface area contributed by atoms with E-state index in [1.807, 2.05) is 41.5 Å². The summed E-state index contributed by atoms with van der Waals surface area (Å²) >= 11 is 0. The van der Waals surface area contributed by atoms with Gasteiger partial charge in [0, 0.05) is 5.71 Å². The Labute approximate surface area is 291 Å². The van der Waals surface area contributed by atoms with E-state index in [-0.39, 0.29) is 39.6 Å². The second kappa shape index (κ2) is 22.3. The third kappa shape index (κ3) is 9.39. The van der Waals surface area contributed by atoms with Crippen molar-refractivity contribution in [2.75, 3.05) is 39.6 Å². The van der Waals surface area contributed by atoms with E-state index in [2.05, 4.69) is 0 Å². The van der Waals surface area contributed by atoms with Crippen molar-refractivity contribution in [3.63, 3.8) is 0 Å². The highest BCUT2D eigenvalue weighted by molar-refractivity contribution is 6.33. The largest absolute Gasteiger partial charge is 0.465 e. The predicted octanol–water partition coefficient (Wildman–Crippen LogP) is 5.82. The molecule has 280 valence electrons. The van der Waals surface area contributed by atoms with Gasteiger partial charge < -0.3 is 33.8 Å². The van der Waals surface area contributed by atoms with Gasteiger partial charge in [-0.25, -0.2) is 0 Å². The van der Waals surface area contributed by atoms with Crippen molar-refractivity contribution in [2.24, 2.45) is 16.2 Å². The number of esters is 6. The van der Waals surface area contributed by atoms with Crippen molar-refractivity contribution in [3.8, 4) is 0 Å². The first-order valence-corrected chi connectivity index (χ1v) is 18.1. The summed E-state index contributed by atoms with van der Waals surface area (Å²) in [6.07, 6.45) is 4.13. The molecule has 0 aromatic rings. The molecule has 49 heavy (non-hydrogen) atoms. The zero-order valence-corrected chi connectivity index (χ0v) is 30.5. The second-order valence-corrected chi connectivity index (χ2v) is 12.3. The molecule has 1 aliphatic carbocycles. The molecule has 0 unspecified atom stereocenters. The number of hydrogen-bond donors (Lipinski definition) is 1. The van der Waals surface area contributed by atoms with Crippen molar-refractivity contribution in [1.82, 2.24) is 0 Å². The molecule has 13 nitrogen and oxygen atoms in total. The number of carbonyl (C=O) groups is 6. The first kappa shape index (κ1) is 43.5. The molecule has 0 aromatic carbocycles. The van der Waals surface area contributed by atoms with E-state index in [0.29, 0.717) is 77.0 Å². The monoisotopic (exact) mass is 697 g/mol. The third-order valence-electron chi connectivity index (χ3n) is 8.71. The SMILES string of the molecule is CCCCOC(=O)C1(C(=O)OCCCC)CCC(=N)C(C(=O)OCCCC)(C(=O)OCCCC)C1(C(=O)OCCCC)C(=O)OCCCC. The van der Waals surface area contributed by atoms with Gasteiger partial charge in [-0.05, 0) is 51.4 Å². The number of nitrogens with one attached hydrogen (secondary N) is 1. The van der Waals surface area contributed by atoms with Crippen molar-refractivity contribution < 1.29 is 57.2 Å². The molecule has 1 saturated carbocycles. The minimum Gasteiger partial charge on any atom is -0.465 e. The first-order chi connectivity index (χ1) is 23.5. The van der Waals surface area contributed by atoms with Crippen LogP contribution in [0.1, 0.15) is 131 Å². The van der Waals surface area contributed by atoms with Gasteiger partial charge in [0.2, 0.25) is 10.8 Å². The van der Waals surface area contributed by atoms with Crippen molar-refractivity contribution in [2.45, 2.75) is 131 Å². The Kier molecular flexibility index (Phi) is 19.8. The third-order valence-corrected chi connectivity index (χ3v) is 8.71. The van der Waals surface area contributed by atoms with Gasteiger partial charge in [-0.3, -0.25) is 28.8 Å². The van der Waals surface area contributed by atoms with Gasteiger partial charge in [-0.15, -0.1) is 0 Å². The van der Waals surface area contributed by atoms with Gasteiger partial charge >= 0.3 is 35.8 Å². The van der Waals surface area contributed by atoms with Crippen LogP contribution in [0, 0.1) is 21.7 Å². The van der Waals surface area contributed by atoms with Gasteiger partial charge in [-0.1, -0.05) is 80.1 Å². The maximum absolute atomic E-state index is 14.9. The van der Waals surface area contributed by atoms with Crippen LogP contribution < -0.4 is 0 Å². The number of hydrogen-bond acceptors (Lipinski definition) is 13. The highest BCUT2D eigenvalue weighted by Crippen LogP contribution is 2.63. The smallest absolute Gasteiger partial charge is 0.331 e. The highest BCUT2D eigenvalue weighted by atomic mass is 16.6. The second-order valence-electron chi connectivity index (χ2n) is 12.3. The van der Waals surface area contributed by atoms with Crippen LogP contribution in [0.25, 0.3) is 0 Å². The van der Waals surface area contributed by atoms with Crippen LogP contribution in [0.4, 0.5) is 0 Å². The average Bonchev–Trinajstić information content (AvgIpc) is 3.08. The molecular weight excluding hydrogens is 638 g/mol. The molecule has 0 aliphatic heterocycles. The lowest BCUT2D eigenvalue weighted by Crippen LogP contribution is -2.77. The maximum atomic E-state index is 14.9. The summed E-state index contributed by atoms with van der Waals surface area (Å²) in [5.41, 5.74) is -10.5. The first-order valence-electron chi connectivity index (χ1n) is 18.1. The van der Waals surface area contributed by atoms with Crippen LogP contribution in [0.3, 0.4) is 0 Å². The van der Waals surface area contributed by atoms with Crippen LogP contribution in [0.5, 0.6) is 0 Å². The van der Waals surface area contributed by atoms with Gasteiger partial charge in [0.05, 0.1) is 39.6 Å². The molecule has 0 heterocycles. The fraction of sp³-hybridized carbons (Fsp3) is 0.806. The lowest BCUT2D eigenvalue weighted by atomic mass is 9.43. The molecule has 0 radical (unpaired) electrons. The normalized spacial score (nSPS) is 15.8. The van der Waals surface area contributed by atoms with Gasteiger partial charge in [-0.2, -0.15) is 0 Å². The van der Waals surface area contributed by atoms with Crippen LogP contribution in [-0.2, 0) is 57.2 Å². The van der Waals surface area contributed by atoms with Crippen LogP contribution in [-0.4, -0.2) is 81.2 Å². The van der Waals surface area contributed by atoms with E-state index in [1.54, 1.807) is 0 Å². The van der Waals surface area contributed by atoms with Gasteiger partial charge in [0.1, 0.15) is 0 Å². The lowest BCUT2D eigenvalue weighted by molar-refractivity contribution is -0.224. The predicted molar refractivity (Wildman–Crippen MR) is 179 cm³/mol. The maximum Gasteiger partial charge on any atom is 0.331 e. The van der Waals surface area contributed by atoms with Crippen molar-refractivity contribution >= 4 is 41.5 Å². The number of carbonyl (C=O) groups excluding carboxylic acids is 6. The minimum atomic E-state index is -3.48. The highest BCUT2D eigenvalue weighted by Gasteiger charge is 2.89. The van der Waals surface area contributed by atoms with Crippen LogP contribution >= 0.6 is 0 Å². The summed E-state index contributed by atoms with van der Waals surface area (Å²) in [5.74, 6) is -8.90. The molecule has 0 saturated heterocycles. The molecule has 0 amide bonds. The van der Waals surface area contributed by atoms with E-state index in [9.17, 15) is 34.2 Å². The lowest BCUT2D eigenvalue weighted by Gasteiger charge is -2.53. The molecular formula is C36H59NO12. The van der Waals surface area contributed by atoms with Crippen LogP contribution in [0.2, 0.25) is 0 Å². The summed E-state index contributed by atoms with van der Waals surface area (Å²) in [6, 6.07) is 0. The van der Waals surface area contributed by atoms with Crippen molar-refractivity contribution in [1.29, 1.82) is 5.41 Å². The van der Waals surface area contributed by atoms with E-state index >= 15 is 0 Å². The molecule has 1 fully saturated rings. The topological polar surface area (TPSA) is 182 Å². The molecule has 0 spiro atoms. The fourth-order valence-corrected chi connectivity index (χ4v) is 5.74.